The summed E-state index contributed by atoms with van der Waals surface area (Å²) in [5.74, 6) is -0.942. The molecular formula is C18H21N3O4. The number of hydrogen-bond donors (Lipinski definition) is 2. The molecule has 2 aromatic rings. The Morgan fingerprint density at radius 3 is 2.92 bits per heavy atom. The first-order chi connectivity index (χ1) is 12.1. The highest BCUT2D eigenvalue weighted by molar-refractivity contribution is 5.85. The number of H-pyrrole nitrogens is 1. The number of amides is 2. The zero-order valence-corrected chi connectivity index (χ0v) is 13.9. The Labute approximate surface area is 145 Å². The Bertz CT molecular complexity index is 783. The summed E-state index contributed by atoms with van der Waals surface area (Å²) in [6, 6.07) is 7.98. The molecule has 25 heavy (non-hydrogen) atoms. The van der Waals surface area contributed by atoms with Crippen LogP contribution in [-0.4, -0.2) is 53.9 Å². The van der Waals surface area contributed by atoms with Crippen molar-refractivity contribution in [3.8, 4) is 0 Å². The van der Waals surface area contributed by atoms with E-state index in [1.54, 1.807) is 0 Å². The average Bonchev–Trinajstić information content (AvgIpc) is 3.20. The van der Waals surface area contributed by atoms with E-state index in [4.69, 9.17) is 4.74 Å². The molecule has 0 atom stereocenters. The van der Waals surface area contributed by atoms with E-state index < -0.39 is 5.97 Å². The second kappa shape index (κ2) is 7.83. The molecule has 132 valence electrons. The number of esters is 1. The number of carbonyl (C=O) groups is 3. The van der Waals surface area contributed by atoms with Crippen LogP contribution in [0.25, 0.3) is 10.9 Å². The first-order valence-electron chi connectivity index (χ1n) is 8.38. The van der Waals surface area contributed by atoms with Crippen LogP contribution in [0.3, 0.4) is 0 Å². The highest BCUT2D eigenvalue weighted by Crippen LogP contribution is 2.17. The van der Waals surface area contributed by atoms with Crippen molar-refractivity contribution in [1.82, 2.24) is 15.2 Å². The van der Waals surface area contributed by atoms with Crippen molar-refractivity contribution in [2.24, 2.45) is 0 Å². The molecule has 0 unspecified atom stereocenters. The van der Waals surface area contributed by atoms with Gasteiger partial charge in [-0.1, -0.05) is 18.2 Å². The van der Waals surface area contributed by atoms with Gasteiger partial charge in [0.15, 0.2) is 6.61 Å². The van der Waals surface area contributed by atoms with Crippen LogP contribution in [0.15, 0.2) is 30.5 Å². The number of ether oxygens (including phenoxy) is 1. The second-order valence-electron chi connectivity index (χ2n) is 6.04. The predicted molar refractivity (Wildman–Crippen MR) is 91.8 cm³/mol. The predicted octanol–water partition coefficient (Wildman–Crippen LogP) is 0.992. The third kappa shape index (κ3) is 4.37. The molecule has 0 aliphatic carbocycles. The smallest absolute Gasteiger partial charge is 0.326 e. The van der Waals surface area contributed by atoms with Crippen molar-refractivity contribution in [3.05, 3.63) is 36.0 Å². The van der Waals surface area contributed by atoms with Gasteiger partial charge in [-0.25, -0.2) is 0 Å². The first-order valence-corrected chi connectivity index (χ1v) is 8.38. The molecule has 2 amide bonds. The molecule has 3 rings (SSSR count). The lowest BCUT2D eigenvalue weighted by atomic mass is 10.1. The molecule has 0 bridgehead atoms. The number of fused-ring (bicyclic) bond motifs is 1. The van der Waals surface area contributed by atoms with Crippen LogP contribution < -0.4 is 5.32 Å². The number of aromatic amines is 1. The minimum atomic E-state index is -0.554. The molecule has 0 spiro atoms. The molecule has 1 aliphatic rings. The van der Waals surface area contributed by atoms with Crippen molar-refractivity contribution >= 4 is 28.7 Å². The van der Waals surface area contributed by atoms with Gasteiger partial charge >= 0.3 is 5.97 Å². The lowest BCUT2D eigenvalue weighted by molar-refractivity contribution is -0.151. The normalized spacial score (nSPS) is 14.1. The SMILES string of the molecule is O=C(COC(=O)CN1CCCC1=O)NCCc1c[nH]c2ccccc12. The molecule has 7 heteroatoms. The maximum atomic E-state index is 11.8. The second-order valence-corrected chi connectivity index (χ2v) is 6.04. The monoisotopic (exact) mass is 343 g/mol. The number of aromatic nitrogens is 1. The standard InChI is InChI=1S/C18H21N3O4/c22-16(12-25-18(24)11-21-9-3-6-17(21)23)19-8-7-13-10-20-15-5-2-1-4-14(13)15/h1-2,4-5,10,20H,3,6-9,11-12H2,(H,19,22). The van der Waals surface area contributed by atoms with Crippen molar-refractivity contribution in [3.63, 3.8) is 0 Å². The fourth-order valence-electron chi connectivity index (χ4n) is 2.94. The molecule has 1 aromatic carbocycles. The van der Waals surface area contributed by atoms with Crippen molar-refractivity contribution in [2.75, 3.05) is 26.2 Å². The van der Waals surface area contributed by atoms with Crippen LogP contribution in [-0.2, 0) is 25.5 Å². The van der Waals surface area contributed by atoms with Gasteiger partial charge in [0, 0.05) is 36.6 Å². The molecule has 7 nitrogen and oxygen atoms in total. The van der Waals surface area contributed by atoms with E-state index in [0.29, 0.717) is 25.9 Å². The van der Waals surface area contributed by atoms with E-state index in [9.17, 15) is 14.4 Å². The Balaban J connectivity index is 1.36. The maximum absolute atomic E-state index is 11.8. The van der Waals surface area contributed by atoms with E-state index in [1.165, 1.54) is 4.90 Å². The van der Waals surface area contributed by atoms with Crippen molar-refractivity contribution in [2.45, 2.75) is 19.3 Å². The van der Waals surface area contributed by atoms with Crippen molar-refractivity contribution < 1.29 is 19.1 Å². The van der Waals surface area contributed by atoms with Crippen LogP contribution in [0.1, 0.15) is 18.4 Å². The summed E-state index contributed by atoms with van der Waals surface area (Å²) >= 11 is 0. The molecule has 1 saturated heterocycles. The Hall–Kier alpha value is -2.83. The summed E-state index contributed by atoms with van der Waals surface area (Å²) in [6.45, 7) is 0.629. The molecule has 0 saturated carbocycles. The summed E-state index contributed by atoms with van der Waals surface area (Å²) in [5, 5.41) is 3.87. The van der Waals surface area contributed by atoms with E-state index in [1.807, 2.05) is 30.5 Å². The number of para-hydroxylation sites is 1. The molecule has 1 fully saturated rings. The van der Waals surface area contributed by atoms with Gasteiger partial charge < -0.3 is 19.9 Å². The first kappa shape index (κ1) is 17.0. The minimum absolute atomic E-state index is 0.0415. The number of carbonyl (C=O) groups excluding carboxylic acids is 3. The largest absolute Gasteiger partial charge is 0.454 e. The summed E-state index contributed by atoms with van der Waals surface area (Å²) in [6.07, 6.45) is 3.86. The topological polar surface area (TPSA) is 91.5 Å². The van der Waals surface area contributed by atoms with Gasteiger partial charge in [-0.3, -0.25) is 14.4 Å². The summed E-state index contributed by atoms with van der Waals surface area (Å²) < 4.78 is 4.92. The maximum Gasteiger partial charge on any atom is 0.326 e. The lowest BCUT2D eigenvalue weighted by Crippen LogP contribution is -2.35. The lowest BCUT2D eigenvalue weighted by Gasteiger charge is -2.14. The number of nitrogens with one attached hydrogen (secondary N) is 2. The van der Waals surface area contributed by atoms with E-state index >= 15 is 0 Å². The van der Waals surface area contributed by atoms with Crippen LogP contribution in [0.4, 0.5) is 0 Å². The van der Waals surface area contributed by atoms with Crippen molar-refractivity contribution in [1.29, 1.82) is 0 Å². The van der Waals surface area contributed by atoms with E-state index in [2.05, 4.69) is 10.3 Å². The summed E-state index contributed by atoms with van der Waals surface area (Å²) in [4.78, 5) is 39.5. The van der Waals surface area contributed by atoms with Gasteiger partial charge in [0.05, 0.1) is 0 Å². The third-order valence-corrected chi connectivity index (χ3v) is 4.25. The van der Waals surface area contributed by atoms with Crippen LogP contribution >= 0.6 is 0 Å². The van der Waals surface area contributed by atoms with Gasteiger partial charge in [-0.05, 0) is 24.5 Å². The zero-order valence-electron chi connectivity index (χ0n) is 13.9. The van der Waals surface area contributed by atoms with Gasteiger partial charge in [0.1, 0.15) is 6.54 Å². The molecule has 1 aliphatic heterocycles. The number of hydrogen-bond acceptors (Lipinski definition) is 4. The molecule has 2 N–H and O–H groups in total. The zero-order chi connectivity index (χ0) is 17.6. The van der Waals surface area contributed by atoms with E-state index in [-0.39, 0.29) is 25.0 Å². The highest BCUT2D eigenvalue weighted by atomic mass is 16.5. The van der Waals surface area contributed by atoms with Gasteiger partial charge in [-0.15, -0.1) is 0 Å². The minimum Gasteiger partial charge on any atom is -0.454 e. The quantitative estimate of drug-likeness (QED) is 0.734. The molecule has 0 radical (unpaired) electrons. The fourth-order valence-corrected chi connectivity index (χ4v) is 2.94. The van der Waals surface area contributed by atoms with Gasteiger partial charge in [0.25, 0.3) is 5.91 Å². The summed E-state index contributed by atoms with van der Waals surface area (Å²) in [7, 11) is 0. The fraction of sp³-hybridized carbons (Fsp3) is 0.389. The van der Waals surface area contributed by atoms with Crippen LogP contribution in [0.2, 0.25) is 0 Å². The van der Waals surface area contributed by atoms with Crippen LogP contribution in [0.5, 0.6) is 0 Å². The molecule has 2 heterocycles. The Morgan fingerprint density at radius 1 is 1.28 bits per heavy atom. The van der Waals surface area contributed by atoms with Gasteiger partial charge in [0.2, 0.25) is 5.91 Å². The number of likely N-dealkylation sites (tertiary alicyclic amines) is 1. The average molecular weight is 343 g/mol. The van der Waals surface area contributed by atoms with Gasteiger partial charge in [-0.2, -0.15) is 0 Å². The number of rotatable bonds is 7. The Kier molecular flexibility index (Phi) is 5.33. The van der Waals surface area contributed by atoms with Crippen LogP contribution in [0, 0.1) is 0 Å². The molecular weight excluding hydrogens is 322 g/mol. The Morgan fingerprint density at radius 2 is 2.12 bits per heavy atom. The molecule has 1 aromatic heterocycles. The summed E-state index contributed by atoms with van der Waals surface area (Å²) in [5.41, 5.74) is 2.19. The third-order valence-electron chi connectivity index (χ3n) is 4.25. The number of nitrogens with zero attached hydrogens (tertiary/aromatic N) is 1. The highest BCUT2D eigenvalue weighted by Gasteiger charge is 2.23. The van der Waals surface area contributed by atoms with E-state index in [0.717, 1.165) is 22.9 Å². The number of benzene rings is 1.